The standard InChI is InChI=1S/C16H21NO3/c1-3-20-16(18)14-9-10-19-11-15(14)17-12(2)13-7-5-4-6-8-13/h4-8,12,14H,3,9-11H2,1-2H3/t12-,14?/m1/s1. The van der Waals surface area contributed by atoms with Crippen LogP contribution in [-0.4, -0.2) is 31.5 Å². The summed E-state index contributed by atoms with van der Waals surface area (Å²) in [6.45, 7) is 5.25. The van der Waals surface area contributed by atoms with Gasteiger partial charge in [-0.3, -0.25) is 9.79 Å². The summed E-state index contributed by atoms with van der Waals surface area (Å²) in [5.74, 6) is -0.440. The second-order valence-electron chi connectivity index (χ2n) is 4.85. The molecule has 0 aromatic heterocycles. The predicted molar refractivity (Wildman–Crippen MR) is 77.9 cm³/mol. The van der Waals surface area contributed by atoms with Crippen LogP contribution in [-0.2, 0) is 14.3 Å². The number of aliphatic imine (C=N–C) groups is 1. The van der Waals surface area contributed by atoms with Crippen molar-refractivity contribution in [3.05, 3.63) is 35.9 Å². The number of carbonyl (C=O) groups excluding carboxylic acids is 1. The van der Waals surface area contributed by atoms with Crippen LogP contribution in [0.2, 0.25) is 0 Å². The van der Waals surface area contributed by atoms with Crippen LogP contribution in [0.25, 0.3) is 0 Å². The van der Waals surface area contributed by atoms with Crippen LogP contribution >= 0.6 is 0 Å². The van der Waals surface area contributed by atoms with Crippen molar-refractivity contribution >= 4 is 11.7 Å². The topological polar surface area (TPSA) is 47.9 Å². The van der Waals surface area contributed by atoms with Crippen molar-refractivity contribution in [3.63, 3.8) is 0 Å². The first kappa shape index (κ1) is 14.7. The van der Waals surface area contributed by atoms with Gasteiger partial charge in [0, 0.05) is 6.61 Å². The molecule has 1 saturated heterocycles. The monoisotopic (exact) mass is 275 g/mol. The van der Waals surface area contributed by atoms with Gasteiger partial charge in [0.25, 0.3) is 0 Å². The maximum atomic E-state index is 12.0. The molecule has 1 unspecified atom stereocenters. The maximum absolute atomic E-state index is 12.0. The van der Waals surface area contributed by atoms with Crippen molar-refractivity contribution in [2.75, 3.05) is 19.8 Å². The van der Waals surface area contributed by atoms with Gasteiger partial charge in [-0.2, -0.15) is 0 Å². The van der Waals surface area contributed by atoms with Crippen molar-refractivity contribution in [3.8, 4) is 0 Å². The summed E-state index contributed by atoms with van der Waals surface area (Å²) in [5.41, 5.74) is 1.93. The van der Waals surface area contributed by atoms with E-state index in [-0.39, 0.29) is 17.9 Å². The van der Waals surface area contributed by atoms with Crippen molar-refractivity contribution in [2.45, 2.75) is 26.3 Å². The van der Waals surface area contributed by atoms with Gasteiger partial charge in [-0.05, 0) is 25.8 Å². The third kappa shape index (κ3) is 3.67. The first-order valence-corrected chi connectivity index (χ1v) is 7.08. The molecular weight excluding hydrogens is 254 g/mol. The van der Waals surface area contributed by atoms with E-state index in [4.69, 9.17) is 9.47 Å². The third-order valence-corrected chi connectivity index (χ3v) is 3.42. The lowest BCUT2D eigenvalue weighted by atomic mass is 9.97. The quantitative estimate of drug-likeness (QED) is 0.794. The summed E-state index contributed by atoms with van der Waals surface area (Å²) in [7, 11) is 0. The summed E-state index contributed by atoms with van der Waals surface area (Å²) < 4.78 is 10.6. The van der Waals surface area contributed by atoms with Crippen molar-refractivity contribution < 1.29 is 14.3 Å². The molecule has 1 heterocycles. The van der Waals surface area contributed by atoms with Crippen molar-refractivity contribution in [2.24, 2.45) is 10.9 Å². The van der Waals surface area contributed by atoms with Crippen LogP contribution in [0.1, 0.15) is 31.9 Å². The van der Waals surface area contributed by atoms with E-state index in [0.29, 0.717) is 26.2 Å². The fourth-order valence-corrected chi connectivity index (χ4v) is 2.32. The average Bonchev–Trinajstić information content (AvgIpc) is 2.49. The molecule has 0 N–H and O–H groups in total. The van der Waals surface area contributed by atoms with E-state index in [1.807, 2.05) is 44.2 Å². The Kier molecular flexibility index (Phi) is 5.30. The molecule has 1 aromatic carbocycles. The van der Waals surface area contributed by atoms with Gasteiger partial charge < -0.3 is 9.47 Å². The van der Waals surface area contributed by atoms with Gasteiger partial charge in [0.05, 0.1) is 30.9 Å². The number of hydrogen-bond donors (Lipinski definition) is 0. The minimum atomic E-state index is -0.255. The Hall–Kier alpha value is -1.68. The zero-order valence-corrected chi connectivity index (χ0v) is 12.0. The highest BCUT2D eigenvalue weighted by molar-refractivity contribution is 6.03. The zero-order valence-electron chi connectivity index (χ0n) is 12.0. The Morgan fingerprint density at radius 2 is 2.20 bits per heavy atom. The minimum Gasteiger partial charge on any atom is -0.465 e. The number of hydrogen-bond acceptors (Lipinski definition) is 4. The molecule has 108 valence electrons. The summed E-state index contributed by atoms with van der Waals surface area (Å²) in [4.78, 5) is 16.6. The Morgan fingerprint density at radius 1 is 1.45 bits per heavy atom. The highest BCUT2D eigenvalue weighted by Gasteiger charge is 2.29. The third-order valence-electron chi connectivity index (χ3n) is 3.42. The molecule has 2 atom stereocenters. The van der Waals surface area contributed by atoms with E-state index in [1.54, 1.807) is 0 Å². The van der Waals surface area contributed by atoms with Crippen molar-refractivity contribution in [1.82, 2.24) is 0 Å². The highest BCUT2D eigenvalue weighted by atomic mass is 16.5. The molecule has 0 amide bonds. The highest BCUT2D eigenvalue weighted by Crippen LogP contribution is 2.21. The molecule has 1 aliphatic heterocycles. The van der Waals surface area contributed by atoms with Crippen LogP contribution in [0.5, 0.6) is 0 Å². The van der Waals surface area contributed by atoms with Gasteiger partial charge in [0.1, 0.15) is 0 Å². The SMILES string of the molecule is CCOC(=O)C1CCOCC1=N[C@H](C)c1ccccc1. The molecule has 0 saturated carbocycles. The Balaban J connectivity index is 2.14. The van der Waals surface area contributed by atoms with Crippen LogP contribution in [0.15, 0.2) is 35.3 Å². The molecule has 2 rings (SSSR count). The summed E-state index contributed by atoms with van der Waals surface area (Å²) >= 11 is 0. The van der Waals surface area contributed by atoms with Crippen LogP contribution in [0.4, 0.5) is 0 Å². The van der Waals surface area contributed by atoms with E-state index in [2.05, 4.69) is 4.99 Å². The van der Waals surface area contributed by atoms with Gasteiger partial charge in [-0.15, -0.1) is 0 Å². The molecule has 0 aliphatic carbocycles. The largest absolute Gasteiger partial charge is 0.465 e. The van der Waals surface area contributed by atoms with E-state index in [0.717, 1.165) is 11.3 Å². The van der Waals surface area contributed by atoms with E-state index in [1.165, 1.54) is 0 Å². The molecule has 4 nitrogen and oxygen atoms in total. The molecule has 0 spiro atoms. The summed E-state index contributed by atoms with van der Waals surface area (Å²) in [5, 5.41) is 0. The number of benzene rings is 1. The van der Waals surface area contributed by atoms with Gasteiger partial charge >= 0.3 is 5.97 Å². The Labute approximate surface area is 119 Å². The summed E-state index contributed by atoms with van der Waals surface area (Å²) in [6, 6.07) is 10.1. The number of ether oxygens (including phenoxy) is 2. The Bertz CT molecular complexity index is 470. The summed E-state index contributed by atoms with van der Waals surface area (Å²) in [6.07, 6.45) is 0.652. The lowest BCUT2D eigenvalue weighted by Gasteiger charge is -2.24. The zero-order chi connectivity index (χ0) is 14.4. The van der Waals surface area contributed by atoms with Crippen molar-refractivity contribution in [1.29, 1.82) is 0 Å². The average molecular weight is 275 g/mol. The molecule has 0 bridgehead atoms. The Morgan fingerprint density at radius 3 is 2.90 bits per heavy atom. The smallest absolute Gasteiger partial charge is 0.314 e. The molecule has 4 heteroatoms. The number of rotatable bonds is 4. The normalized spacial score (nSPS) is 22.5. The fourth-order valence-electron chi connectivity index (χ4n) is 2.32. The molecule has 1 aliphatic rings. The molecule has 20 heavy (non-hydrogen) atoms. The fraction of sp³-hybridized carbons (Fsp3) is 0.500. The van der Waals surface area contributed by atoms with Crippen LogP contribution in [0.3, 0.4) is 0 Å². The maximum Gasteiger partial charge on any atom is 0.314 e. The van der Waals surface area contributed by atoms with E-state index >= 15 is 0 Å². The van der Waals surface area contributed by atoms with Gasteiger partial charge in [-0.25, -0.2) is 0 Å². The number of nitrogens with zero attached hydrogens (tertiary/aromatic N) is 1. The first-order valence-electron chi connectivity index (χ1n) is 7.08. The molecule has 1 fully saturated rings. The molecular formula is C16H21NO3. The van der Waals surface area contributed by atoms with Gasteiger partial charge in [-0.1, -0.05) is 30.3 Å². The molecule has 1 aromatic rings. The van der Waals surface area contributed by atoms with E-state index in [9.17, 15) is 4.79 Å². The number of esters is 1. The number of carbonyl (C=O) groups is 1. The van der Waals surface area contributed by atoms with Gasteiger partial charge in [0.2, 0.25) is 0 Å². The lowest BCUT2D eigenvalue weighted by molar-refractivity contribution is -0.146. The predicted octanol–water partition coefficient (Wildman–Crippen LogP) is 2.79. The second kappa shape index (κ2) is 7.20. The lowest BCUT2D eigenvalue weighted by Crippen LogP contribution is -2.35. The van der Waals surface area contributed by atoms with Gasteiger partial charge in [0.15, 0.2) is 0 Å². The van der Waals surface area contributed by atoms with Crippen LogP contribution in [0, 0.1) is 5.92 Å². The minimum absolute atomic E-state index is 0.0184. The molecule has 0 radical (unpaired) electrons. The van der Waals surface area contributed by atoms with Crippen LogP contribution < -0.4 is 0 Å². The van der Waals surface area contributed by atoms with E-state index < -0.39 is 0 Å². The first-order chi connectivity index (χ1) is 9.72. The second-order valence-corrected chi connectivity index (χ2v) is 4.85.